The fourth-order valence-electron chi connectivity index (χ4n) is 2.86. The minimum absolute atomic E-state index is 0.0353. The number of pyridine rings is 1. The predicted molar refractivity (Wildman–Crippen MR) is 95.2 cm³/mol. The lowest BCUT2D eigenvalue weighted by Crippen LogP contribution is -2.39. The lowest BCUT2D eigenvalue weighted by atomic mass is 10.1. The number of anilines is 2. The molecule has 0 aliphatic carbocycles. The fourth-order valence-corrected chi connectivity index (χ4v) is 2.86. The molecular weight excluding hydrogens is 336 g/mol. The van der Waals surface area contributed by atoms with Crippen LogP contribution in [0.25, 0.3) is 0 Å². The number of nitrogen functional groups attached to an aromatic ring is 1. The first kappa shape index (κ1) is 17.6. The number of nitrogens with two attached hydrogens (primary N) is 1. The van der Waals surface area contributed by atoms with E-state index >= 15 is 0 Å². The monoisotopic (exact) mass is 356 g/mol. The van der Waals surface area contributed by atoms with Crippen LogP contribution in [0.3, 0.4) is 0 Å². The van der Waals surface area contributed by atoms with Crippen molar-refractivity contribution in [1.29, 1.82) is 0 Å². The molecule has 0 saturated carbocycles. The van der Waals surface area contributed by atoms with Crippen LogP contribution >= 0.6 is 0 Å². The van der Waals surface area contributed by atoms with E-state index in [1.54, 1.807) is 17.2 Å². The zero-order chi connectivity index (χ0) is 18.7. The predicted octanol–water partition coefficient (Wildman–Crippen LogP) is 0.359. The number of nitrogens with one attached hydrogen (secondary N) is 2. The molecule has 1 aliphatic heterocycles. The van der Waals surface area contributed by atoms with E-state index in [4.69, 9.17) is 5.73 Å². The van der Waals surface area contributed by atoms with Gasteiger partial charge in [-0.1, -0.05) is 0 Å². The van der Waals surface area contributed by atoms with Crippen molar-refractivity contribution in [2.45, 2.75) is 32.7 Å². The van der Waals surface area contributed by atoms with Crippen LogP contribution in [0.1, 0.15) is 29.7 Å². The van der Waals surface area contributed by atoms with E-state index in [2.05, 4.69) is 20.3 Å². The van der Waals surface area contributed by atoms with Gasteiger partial charge in [-0.05, 0) is 31.0 Å². The molecule has 0 aromatic carbocycles. The maximum Gasteiger partial charge on any atom is 0.255 e. The van der Waals surface area contributed by atoms with Gasteiger partial charge in [0.2, 0.25) is 17.8 Å². The summed E-state index contributed by atoms with van der Waals surface area (Å²) in [6.45, 7) is 2.55. The van der Waals surface area contributed by atoms with Crippen LogP contribution < -0.4 is 16.6 Å². The summed E-state index contributed by atoms with van der Waals surface area (Å²) in [5, 5.41) is 2.68. The van der Waals surface area contributed by atoms with Crippen LogP contribution in [-0.4, -0.2) is 38.2 Å². The van der Waals surface area contributed by atoms with Crippen LogP contribution in [0.5, 0.6) is 0 Å². The number of carbonyl (C=O) groups excluding carboxylic acids is 2. The molecule has 4 N–H and O–H groups in total. The lowest BCUT2D eigenvalue weighted by molar-refractivity contribution is -0.133. The molecular formula is C17H20N6O3. The third kappa shape index (κ3) is 4.05. The standard InChI is InChI=1S/C17H20N6O3/c1-10-4-6-19-13(8-10)21-14(24)2-3-15(25)23-7-5-11-12(9-23)20-17(18)22-16(11)26/h4,6,8H,2-3,5,7,9H2,1H3,(H,19,21,24)(H3,18,20,22,26). The van der Waals surface area contributed by atoms with Crippen LogP contribution in [0, 0.1) is 6.92 Å². The number of carbonyl (C=O) groups is 2. The van der Waals surface area contributed by atoms with Crippen LogP contribution in [0.4, 0.5) is 11.8 Å². The molecule has 1 aliphatic rings. The topological polar surface area (TPSA) is 134 Å². The summed E-state index contributed by atoms with van der Waals surface area (Å²) in [5.41, 5.74) is 7.36. The van der Waals surface area contributed by atoms with Gasteiger partial charge in [0.05, 0.1) is 12.2 Å². The Bertz CT molecular complexity index is 908. The Morgan fingerprint density at radius 2 is 2.19 bits per heavy atom. The third-order valence-electron chi connectivity index (χ3n) is 4.19. The number of aryl methyl sites for hydroxylation is 1. The smallest absolute Gasteiger partial charge is 0.255 e. The molecule has 0 unspecified atom stereocenters. The van der Waals surface area contributed by atoms with Crippen molar-refractivity contribution in [3.8, 4) is 0 Å². The van der Waals surface area contributed by atoms with Crippen LogP contribution in [0.15, 0.2) is 23.1 Å². The highest BCUT2D eigenvalue weighted by atomic mass is 16.2. The molecule has 26 heavy (non-hydrogen) atoms. The minimum Gasteiger partial charge on any atom is -0.369 e. The Kier molecular flexibility index (Phi) is 4.97. The van der Waals surface area contributed by atoms with Crippen molar-refractivity contribution in [1.82, 2.24) is 19.9 Å². The van der Waals surface area contributed by atoms with Crippen molar-refractivity contribution in [2.75, 3.05) is 17.6 Å². The highest BCUT2D eigenvalue weighted by Gasteiger charge is 2.24. The van der Waals surface area contributed by atoms with Gasteiger partial charge >= 0.3 is 0 Å². The summed E-state index contributed by atoms with van der Waals surface area (Å²) >= 11 is 0. The Morgan fingerprint density at radius 3 is 2.96 bits per heavy atom. The molecule has 0 radical (unpaired) electrons. The van der Waals surface area contributed by atoms with E-state index in [0.29, 0.717) is 30.0 Å². The second-order valence-electron chi connectivity index (χ2n) is 6.21. The SMILES string of the molecule is Cc1ccnc(NC(=O)CCC(=O)N2CCc3c(nc(N)[nH]c3=O)C2)c1. The number of nitrogens with zero attached hydrogens (tertiary/aromatic N) is 3. The number of H-pyrrole nitrogens is 1. The number of aromatic nitrogens is 3. The van der Waals surface area contributed by atoms with Gasteiger partial charge in [-0.2, -0.15) is 0 Å². The average Bonchev–Trinajstić information content (AvgIpc) is 2.59. The molecule has 2 aromatic rings. The third-order valence-corrected chi connectivity index (χ3v) is 4.19. The summed E-state index contributed by atoms with van der Waals surface area (Å²) in [6, 6.07) is 3.59. The normalized spacial score (nSPS) is 13.2. The zero-order valence-corrected chi connectivity index (χ0v) is 14.4. The maximum atomic E-state index is 12.4. The minimum atomic E-state index is -0.271. The molecule has 2 amide bonds. The first-order chi connectivity index (χ1) is 12.4. The highest BCUT2D eigenvalue weighted by molar-refractivity contribution is 5.92. The van der Waals surface area contributed by atoms with Gasteiger partial charge in [-0.3, -0.25) is 19.4 Å². The quantitative estimate of drug-likeness (QED) is 0.724. The van der Waals surface area contributed by atoms with Crippen LogP contribution in [-0.2, 0) is 22.6 Å². The molecule has 0 spiro atoms. The first-order valence-corrected chi connectivity index (χ1v) is 8.30. The average molecular weight is 356 g/mol. The van der Waals surface area contributed by atoms with E-state index in [0.717, 1.165) is 5.56 Å². The number of aromatic amines is 1. The van der Waals surface area contributed by atoms with E-state index in [9.17, 15) is 14.4 Å². The molecule has 9 heteroatoms. The maximum absolute atomic E-state index is 12.4. The molecule has 3 heterocycles. The number of fused-ring (bicyclic) bond motifs is 1. The van der Waals surface area contributed by atoms with Gasteiger partial charge in [0.25, 0.3) is 5.56 Å². The molecule has 0 fully saturated rings. The summed E-state index contributed by atoms with van der Waals surface area (Å²) in [5.74, 6) is 0.0673. The van der Waals surface area contributed by atoms with Gasteiger partial charge < -0.3 is 16.0 Å². The summed E-state index contributed by atoms with van der Waals surface area (Å²) in [6.07, 6.45) is 2.17. The van der Waals surface area contributed by atoms with Crippen molar-refractivity contribution in [3.05, 3.63) is 45.5 Å². The molecule has 0 bridgehead atoms. The second-order valence-corrected chi connectivity index (χ2v) is 6.21. The Hall–Kier alpha value is -3.23. The molecule has 2 aromatic heterocycles. The van der Waals surface area contributed by atoms with Gasteiger partial charge in [0.15, 0.2) is 0 Å². The van der Waals surface area contributed by atoms with E-state index in [-0.39, 0.29) is 42.7 Å². The zero-order valence-electron chi connectivity index (χ0n) is 14.4. The first-order valence-electron chi connectivity index (χ1n) is 8.30. The van der Waals surface area contributed by atoms with Crippen molar-refractivity contribution >= 4 is 23.6 Å². The summed E-state index contributed by atoms with van der Waals surface area (Å²) in [7, 11) is 0. The number of hydrogen-bond acceptors (Lipinski definition) is 6. The molecule has 0 saturated heterocycles. The van der Waals surface area contributed by atoms with Gasteiger partial charge in [-0.15, -0.1) is 0 Å². The number of hydrogen-bond donors (Lipinski definition) is 3. The summed E-state index contributed by atoms with van der Waals surface area (Å²) < 4.78 is 0. The number of rotatable bonds is 4. The molecule has 3 rings (SSSR count). The largest absolute Gasteiger partial charge is 0.369 e. The second kappa shape index (κ2) is 7.34. The Balaban J connectivity index is 1.55. The van der Waals surface area contributed by atoms with Crippen molar-refractivity contribution < 1.29 is 9.59 Å². The molecule has 9 nitrogen and oxygen atoms in total. The molecule has 0 atom stereocenters. The van der Waals surface area contributed by atoms with E-state index in [1.165, 1.54) is 0 Å². The molecule has 136 valence electrons. The Labute approximate surface area is 149 Å². The summed E-state index contributed by atoms with van der Waals surface area (Å²) in [4.78, 5) is 48.4. The van der Waals surface area contributed by atoms with Gasteiger partial charge in [0, 0.05) is 31.1 Å². The van der Waals surface area contributed by atoms with E-state index in [1.807, 2.05) is 13.0 Å². The number of amides is 2. The van der Waals surface area contributed by atoms with Gasteiger partial charge in [0.1, 0.15) is 5.82 Å². The van der Waals surface area contributed by atoms with Gasteiger partial charge in [-0.25, -0.2) is 9.97 Å². The van der Waals surface area contributed by atoms with E-state index < -0.39 is 0 Å². The lowest BCUT2D eigenvalue weighted by Gasteiger charge is -2.27. The van der Waals surface area contributed by atoms with Crippen LogP contribution in [0.2, 0.25) is 0 Å². The van der Waals surface area contributed by atoms with Crippen molar-refractivity contribution in [3.63, 3.8) is 0 Å². The Morgan fingerprint density at radius 1 is 1.38 bits per heavy atom. The fraction of sp³-hybridized carbons (Fsp3) is 0.353. The van der Waals surface area contributed by atoms with Crippen molar-refractivity contribution in [2.24, 2.45) is 0 Å². The highest BCUT2D eigenvalue weighted by Crippen LogP contribution is 2.16.